The van der Waals surface area contributed by atoms with Gasteiger partial charge < -0.3 is 15.7 Å². The first kappa shape index (κ1) is 13.9. The van der Waals surface area contributed by atoms with Crippen molar-refractivity contribution in [3.63, 3.8) is 0 Å². The highest BCUT2D eigenvalue weighted by molar-refractivity contribution is 4.79. The Bertz CT molecular complexity index is 183. The highest BCUT2D eigenvalue weighted by atomic mass is 16.3. The number of hydrogen-bond donors (Lipinski definition) is 2. The normalized spacial score (nSPS) is 18.6. The van der Waals surface area contributed by atoms with E-state index in [1.54, 1.807) is 0 Å². The van der Waals surface area contributed by atoms with Gasteiger partial charge in [0.2, 0.25) is 0 Å². The Labute approximate surface area is 100 Å². The van der Waals surface area contributed by atoms with Crippen molar-refractivity contribution < 1.29 is 5.11 Å². The van der Waals surface area contributed by atoms with Crippen molar-refractivity contribution >= 4 is 0 Å². The maximum atomic E-state index is 9.78. The molecule has 0 unspecified atom stereocenters. The van der Waals surface area contributed by atoms with E-state index in [-0.39, 0.29) is 0 Å². The van der Waals surface area contributed by atoms with Gasteiger partial charge in [0.15, 0.2) is 0 Å². The molecule has 0 amide bonds. The molecule has 3 N–H and O–H groups in total. The van der Waals surface area contributed by atoms with E-state index < -0.39 is 5.60 Å². The first-order chi connectivity index (χ1) is 7.53. The van der Waals surface area contributed by atoms with Crippen LogP contribution in [-0.4, -0.2) is 41.3 Å². The number of hydrogen-bond acceptors (Lipinski definition) is 3. The van der Waals surface area contributed by atoms with E-state index >= 15 is 0 Å². The molecule has 1 aliphatic rings. The second kappa shape index (κ2) is 6.58. The molecule has 3 heteroatoms. The Morgan fingerprint density at radius 3 is 2.38 bits per heavy atom. The van der Waals surface area contributed by atoms with Gasteiger partial charge >= 0.3 is 0 Å². The second-order valence-electron chi connectivity index (χ2n) is 5.68. The van der Waals surface area contributed by atoms with E-state index in [1.165, 1.54) is 25.7 Å². The summed E-state index contributed by atoms with van der Waals surface area (Å²) < 4.78 is 0. The van der Waals surface area contributed by atoms with Crippen LogP contribution in [0.2, 0.25) is 0 Å². The van der Waals surface area contributed by atoms with Crippen LogP contribution >= 0.6 is 0 Å². The van der Waals surface area contributed by atoms with Crippen LogP contribution in [-0.2, 0) is 0 Å². The summed E-state index contributed by atoms with van der Waals surface area (Å²) in [5.41, 5.74) is 5.04. The number of rotatable bonds is 7. The lowest BCUT2D eigenvalue weighted by molar-refractivity contribution is 0.0508. The Balaban J connectivity index is 2.36. The van der Waals surface area contributed by atoms with Crippen LogP contribution in [0, 0.1) is 0 Å². The summed E-state index contributed by atoms with van der Waals surface area (Å²) in [5.74, 6) is 0. The standard InChI is InChI=1S/C13H28N2O/c1-13(2,16)8-11-15(10-5-9-14)12-6-3-4-7-12/h12,16H,3-11,14H2,1-2H3. The van der Waals surface area contributed by atoms with E-state index in [0.29, 0.717) is 0 Å². The molecule has 0 heterocycles. The number of nitrogens with zero attached hydrogens (tertiary/aromatic N) is 1. The zero-order valence-corrected chi connectivity index (χ0v) is 10.9. The predicted octanol–water partition coefficient (Wildman–Crippen LogP) is 1.74. The van der Waals surface area contributed by atoms with Crippen LogP contribution in [0.1, 0.15) is 52.4 Å². The minimum Gasteiger partial charge on any atom is -0.390 e. The van der Waals surface area contributed by atoms with Gasteiger partial charge in [0.25, 0.3) is 0 Å². The lowest BCUT2D eigenvalue weighted by Gasteiger charge is -2.31. The van der Waals surface area contributed by atoms with Gasteiger partial charge in [-0.1, -0.05) is 12.8 Å². The fourth-order valence-electron chi connectivity index (χ4n) is 2.46. The fraction of sp³-hybridized carbons (Fsp3) is 1.00. The van der Waals surface area contributed by atoms with Crippen molar-refractivity contribution in [3.05, 3.63) is 0 Å². The van der Waals surface area contributed by atoms with Gasteiger partial charge in [-0.05, 0) is 52.6 Å². The molecule has 1 saturated carbocycles. The van der Waals surface area contributed by atoms with Crippen molar-refractivity contribution in [1.29, 1.82) is 0 Å². The van der Waals surface area contributed by atoms with E-state index in [1.807, 2.05) is 13.8 Å². The van der Waals surface area contributed by atoms with E-state index in [0.717, 1.165) is 38.5 Å². The molecule has 1 rings (SSSR count). The molecule has 0 aliphatic heterocycles. The molecule has 96 valence electrons. The third-order valence-corrected chi connectivity index (χ3v) is 3.50. The van der Waals surface area contributed by atoms with Crippen LogP contribution < -0.4 is 5.73 Å². The molecular formula is C13H28N2O. The summed E-state index contributed by atoms with van der Waals surface area (Å²) >= 11 is 0. The maximum Gasteiger partial charge on any atom is 0.0603 e. The van der Waals surface area contributed by atoms with Crippen LogP contribution in [0.3, 0.4) is 0 Å². The van der Waals surface area contributed by atoms with Gasteiger partial charge in [0, 0.05) is 12.6 Å². The van der Waals surface area contributed by atoms with Crippen molar-refractivity contribution in [2.24, 2.45) is 5.73 Å². The SMILES string of the molecule is CC(C)(O)CCN(CCCN)C1CCCC1. The summed E-state index contributed by atoms with van der Waals surface area (Å²) in [6, 6.07) is 0.744. The molecule has 0 aromatic heterocycles. The minimum absolute atomic E-state index is 0.542. The zero-order chi connectivity index (χ0) is 12.0. The third kappa shape index (κ3) is 5.28. The first-order valence-electron chi connectivity index (χ1n) is 6.69. The topological polar surface area (TPSA) is 49.5 Å². The van der Waals surface area contributed by atoms with Crippen LogP contribution in [0.15, 0.2) is 0 Å². The van der Waals surface area contributed by atoms with Gasteiger partial charge in [-0.2, -0.15) is 0 Å². The molecule has 0 spiro atoms. The van der Waals surface area contributed by atoms with Gasteiger partial charge in [0.05, 0.1) is 5.60 Å². The first-order valence-corrected chi connectivity index (χ1v) is 6.69. The molecule has 0 saturated heterocycles. The third-order valence-electron chi connectivity index (χ3n) is 3.50. The second-order valence-corrected chi connectivity index (χ2v) is 5.68. The van der Waals surface area contributed by atoms with Crippen LogP contribution in [0.4, 0.5) is 0 Å². The quantitative estimate of drug-likeness (QED) is 0.698. The molecule has 0 aromatic rings. The largest absolute Gasteiger partial charge is 0.390 e. The van der Waals surface area contributed by atoms with Crippen LogP contribution in [0.25, 0.3) is 0 Å². The zero-order valence-electron chi connectivity index (χ0n) is 10.9. The van der Waals surface area contributed by atoms with Crippen molar-refractivity contribution in [1.82, 2.24) is 4.90 Å². The van der Waals surface area contributed by atoms with Gasteiger partial charge in [-0.15, -0.1) is 0 Å². The fourth-order valence-corrected chi connectivity index (χ4v) is 2.46. The smallest absolute Gasteiger partial charge is 0.0603 e. The summed E-state index contributed by atoms with van der Waals surface area (Å²) in [6.07, 6.45) is 7.32. The van der Waals surface area contributed by atoms with Crippen molar-refractivity contribution in [3.8, 4) is 0 Å². The summed E-state index contributed by atoms with van der Waals surface area (Å²) in [7, 11) is 0. The summed E-state index contributed by atoms with van der Waals surface area (Å²) in [6.45, 7) is 6.66. The van der Waals surface area contributed by atoms with Crippen molar-refractivity contribution in [2.75, 3.05) is 19.6 Å². The maximum absolute atomic E-state index is 9.78. The molecule has 3 nitrogen and oxygen atoms in total. The Kier molecular flexibility index (Phi) is 5.73. The van der Waals surface area contributed by atoms with E-state index in [9.17, 15) is 5.11 Å². The molecular weight excluding hydrogens is 200 g/mol. The number of aliphatic hydroxyl groups is 1. The molecule has 0 aromatic carbocycles. The molecule has 0 bridgehead atoms. The van der Waals surface area contributed by atoms with Crippen LogP contribution in [0.5, 0.6) is 0 Å². The lowest BCUT2D eigenvalue weighted by atomic mass is 10.0. The minimum atomic E-state index is -0.542. The molecule has 1 fully saturated rings. The van der Waals surface area contributed by atoms with Crippen molar-refractivity contribution in [2.45, 2.75) is 64.0 Å². The highest BCUT2D eigenvalue weighted by Crippen LogP contribution is 2.24. The summed E-state index contributed by atoms with van der Waals surface area (Å²) in [4.78, 5) is 2.54. The molecule has 0 radical (unpaired) electrons. The molecule has 16 heavy (non-hydrogen) atoms. The van der Waals surface area contributed by atoms with E-state index in [2.05, 4.69) is 4.90 Å². The monoisotopic (exact) mass is 228 g/mol. The lowest BCUT2D eigenvalue weighted by Crippen LogP contribution is -2.38. The van der Waals surface area contributed by atoms with Gasteiger partial charge in [0.1, 0.15) is 0 Å². The Morgan fingerprint density at radius 1 is 1.25 bits per heavy atom. The predicted molar refractivity (Wildman–Crippen MR) is 68.4 cm³/mol. The highest BCUT2D eigenvalue weighted by Gasteiger charge is 2.23. The number of nitrogens with two attached hydrogens (primary N) is 1. The molecule has 0 atom stereocenters. The van der Waals surface area contributed by atoms with Gasteiger partial charge in [-0.25, -0.2) is 0 Å². The average molecular weight is 228 g/mol. The Morgan fingerprint density at radius 2 is 1.88 bits per heavy atom. The molecule has 1 aliphatic carbocycles. The Hall–Kier alpha value is -0.120. The summed E-state index contributed by atoms with van der Waals surface area (Å²) in [5, 5.41) is 9.78. The van der Waals surface area contributed by atoms with E-state index in [4.69, 9.17) is 5.73 Å². The average Bonchev–Trinajstić information content (AvgIpc) is 2.69. The van der Waals surface area contributed by atoms with Gasteiger partial charge in [-0.3, -0.25) is 0 Å².